The molecule has 1 aromatic heterocycles. The Bertz CT molecular complexity index is 595. The fourth-order valence-electron chi connectivity index (χ4n) is 2.63. The highest BCUT2D eigenvalue weighted by molar-refractivity contribution is 14.1. The molecule has 0 saturated heterocycles. The Labute approximate surface area is 127 Å². The molecule has 1 aromatic carbocycles. The van der Waals surface area contributed by atoms with Crippen LogP contribution in [0.5, 0.6) is 0 Å². The summed E-state index contributed by atoms with van der Waals surface area (Å²) >= 11 is 2.39. The van der Waals surface area contributed by atoms with E-state index in [1.54, 1.807) is 0 Å². The number of pyridine rings is 1. The van der Waals surface area contributed by atoms with Crippen LogP contribution in [0.2, 0.25) is 0 Å². The molecule has 0 spiro atoms. The molecule has 0 bridgehead atoms. The molecular weight excluding hydrogens is 347 g/mol. The van der Waals surface area contributed by atoms with Gasteiger partial charge in [0, 0.05) is 15.5 Å². The Balaban J connectivity index is 1.86. The molecule has 19 heavy (non-hydrogen) atoms. The van der Waals surface area contributed by atoms with Crippen molar-refractivity contribution in [3.63, 3.8) is 0 Å². The van der Waals surface area contributed by atoms with Gasteiger partial charge in [-0.2, -0.15) is 0 Å². The third kappa shape index (κ3) is 2.76. The summed E-state index contributed by atoms with van der Waals surface area (Å²) in [4.78, 5) is 4.57. The van der Waals surface area contributed by atoms with Gasteiger partial charge in [-0.3, -0.25) is 4.98 Å². The highest BCUT2D eigenvalue weighted by atomic mass is 127. The van der Waals surface area contributed by atoms with Gasteiger partial charge in [0.15, 0.2) is 0 Å². The highest BCUT2D eigenvalue weighted by Crippen LogP contribution is 2.31. The first-order chi connectivity index (χ1) is 9.24. The summed E-state index contributed by atoms with van der Waals surface area (Å²) in [6.45, 7) is 2.14. The minimum atomic E-state index is 0.350. The van der Waals surface area contributed by atoms with Gasteiger partial charge in [-0.1, -0.05) is 12.1 Å². The number of halogens is 1. The van der Waals surface area contributed by atoms with E-state index in [0.29, 0.717) is 6.04 Å². The first-order valence-electron chi connectivity index (χ1n) is 6.70. The Morgan fingerprint density at radius 2 is 2.21 bits per heavy atom. The summed E-state index contributed by atoms with van der Waals surface area (Å²) in [5.41, 5.74) is 5.14. The summed E-state index contributed by atoms with van der Waals surface area (Å²) < 4.78 is 1.31. The SMILES string of the molecule is Cc1ccc(NC2CCCc3cccnc32)cc1I. The van der Waals surface area contributed by atoms with E-state index >= 15 is 0 Å². The molecule has 3 heteroatoms. The second kappa shape index (κ2) is 5.49. The Kier molecular flexibility index (Phi) is 3.73. The van der Waals surface area contributed by atoms with E-state index in [1.165, 1.54) is 32.5 Å². The summed E-state index contributed by atoms with van der Waals surface area (Å²) in [6.07, 6.45) is 5.46. The molecule has 0 fully saturated rings. The fraction of sp³-hybridized carbons (Fsp3) is 0.312. The van der Waals surface area contributed by atoms with E-state index in [-0.39, 0.29) is 0 Å². The van der Waals surface area contributed by atoms with Crippen LogP contribution in [0.1, 0.15) is 35.7 Å². The maximum Gasteiger partial charge on any atom is 0.0688 e. The van der Waals surface area contributed by atoms with E-state index in [2.05, 4.69) is 64.1 Å². The Morgan fingerprint density at radius 3 is 3.05 bits per heavy atom. The minimum Gasteiger partial charge on any atom is -0.377 e. The van der Waals surface area contributed by atoms with Crippen LogP contribution in [0.15, 0.2) is 36.5 Å². The van der Waals surface area contributed by atoms with E-state index < -0.39 is 0 Å². The summed E-state index contributed by atoms with van der Waals surface area (Å²) in [5, 5.41) is 3.64. The molecular formula is C16H17IN2. The first kappa shape index (κ1) is 12.9. The van der Waals surface area contributed by atoms with Crippen LogP contribution in [0.25, 0.3) is 0 Å². The third-order valence-electron chi connectivity index (χ3n) is 3.71. The number of rotatable bonds is 2. The number of hydrogen-bond acceptors (Lipinski definition) is 2. The second-order valence-corrected chi connectivity index (χ2v) is 6.26. The van der Waals surface area contributed by atoms with Crippen molar-refractivity contribution in [2.24, 2.45) is 0 Å². The molecule has 2 aromatic rings. The van der Waals surface area contributed by atoms with Crippen molar-refractivity contribution in [3.8, 4) is 0 Å². The van der Waals surface area contributed by atoms with Crippen molar-refractivity contribution in [2.75, 3.05) is 5.32 Å². The van der Waals surface area contributed by atoms with Crippen molar-refractivity contribution >= 4 is 28.3 Å². The lowest BCUT2D eigenvalue weighted by Gasteiger charge is -2.26. The van der Waals surface area contributed by atoms with Crippen molar-refractivity contribution in [2.45, 2.75) is 32.2 Å². The van der Waals surface area contributed by atoms with Crippen molar-refractivity contribution in [3.05, 3.63) is 56.9 Å². The Hall–Kier alpha value is -1.10. The van der Waals surface area contributed by atoms with Crippen molar-refractivity contribution in [1.82, 2.24) is 4.98 Å². The zero-order valence-corrected chi connectivity index (χ0v) is 13.1. The van der Waals surface area contributed by atoms with Crippen LogP contribution in [0, 0.1) is 10.5 Å². The number of fused-ring (bicyclic) bond motifs is 1. The lowest BCUT2D eigenvalue weighted by molar-refractivity contribution is 0.583. The quantitative estimate of drug-likeness (QED) is 0.795. The number of benzene rings is 1. The molecule has 1 atom stereocenters. The van der Waals surface area contributed by atoms with Crippen LogP contribution in [0.4, 0.5) is 5.69 Å². The van der Waals surface area contributed by atoms with Gasteiger partial charge in [0.25, 0.3) is 0 Å². The second-order valence-electron chi connectivity index (χ2n) is 5.10. The highest BCUT2D eigenvalue weighted by Gasteiger charge is 2.20. The molecule has 1 N–H and O–H groups in total. The summed E-state index contributed by atoms with van der Waals surface area (Å²) in [7, 11) is 0. The fourth-order valence-corrected chi connectivity index (χ4v) is 3.15. The van der Waals surface area contributed by atoms with Crippen LogP contribution in [0.3, 0.4) is 0 Å². The summed E-state index contributed by atoms with van der Waals surface area (Å²) in [5.74, 6) is 0. The molecule has 3 rings (SSSR count). The number of nitrogens with zero attached hydrogens (tertiary/aromatic N) is 1. The van der Waals surface area contributed by atoms with E-state index in [0.717, 1.165) is 12.8 Å². The smallest absolute Gasteiger partial charge is 0.0688 e. The molecule has 0 aliphatic heterocycles. The van der Waals surface area contributed by atoms with Gasteiger partial charge in [-0.15, -0.1) is 0 Å². The predicted molar refractivity (Wildman–Crippen MR) is 87.4 cm³/mol. The molecule has 1 aliphatic rings. The summed E-state index contributed by atoms with van der Waals surface area (Å²) in [6, 6.07) is 11.1. The largest absolute Gasteiger partial charge is 0.377 e. The van der Waals surface area contributed by atoms with Gasteiger partial charge in [0.2, 0.25) is 0 Å². The predicted octanol–water partition coefficient (Wildman–Crippen LogP) is 4.48. The van der Waals surface area contributed by atoms with E-state index in [9.17, 15) is 0 Å². The number of aryl methyl sites for hydroxylation is 2. The average Bonchev–Trinajstić information content (AvgIpc) is 2.43. The molecule has 1 aliphatic carbocycles. The zero-order valence-electron chi connectivity index (χ0n) is 11.0. The van der Waals surface area contributed by atoms with Gasteiger partial charge in [-0.05, 0) is 78.1 Å². The molecule has 1 heterocycles. The van der Waals surface area contributed by atoms with Crippen LogP contribution >= 0.6 is 22.6 Å². The number of hydrogen-bond donors (Lipinski definition) is 1. The maximum atomic E-state index is 4.57. The maximum absolute atomic E-state index is 4.57. The van der Waals surface area contributed by atoms with Crippen LogP contribution in [-0.4, -0.2) is 4.98 Å². The topological polar surface area (TPSA) is 24.9 Å². The third-order valence-corrected chi connectivity index (χ3v) is 4.87. The van der Waals surface area contributed by atoms with Gasteiger partial charge < -0.3 is 5.32 Å². The molecule has 98 valence electrons. The standard InChI is InChI=1S/C16H17IN2/c1-11-7-8-13(10-14(11)17)19-15-6-2-4-12-5-3-9-18-16(12)15/h3,5,7-10,15,19H,2,4,6H2,1H3. The monoisotopic (exact) mass is 364 g/mol. The Morgan fingerprint density at radius 1 is 1.32 bits per heavy atom. The van der Waals surface area contributed by atoms with Crippen molar-refractivity contribution in [1.29, 1.82) is 0 Å². The van der Waals surface area contributed by atoms with Crippen LogP contribution in [-0.2, 0) is 6.42 Å². The van der Waals surface area contributed by atoms with E-state index in [1.807, 2.05) is 12.3 Å². The zero-order chi connectivity index (χ0) is 13.2. The number of nitrogens with one attached hydrogen (secondary N) is 1. The molecule has 0 radical (unpaired) electrons. The molecule has 2 nitrogen and oxygen atoms in total. The van der Waals surface area contributed by atoms with Gasteiger partial charge in [-0.25, -0.2) is 0 Å². The first-order valence-corrected chi connectivity index (χ1v) is 7.78. The van der Waals surface area contributed by atoms with Crippen molar-refractivity contribution < 1.29 is 0 Å². The minimum absolute atomic E-state index is 0.350. The van der Waals surface area contributed by atoms with Gasteiger partial charge in [0.1, 0.15) is 0 Å². The lowest BCUT2D eigenvalue weighted by atomic mass is 9.92. The van der Waals surface area contributed by atoms with Crippen LogP contribution < -0.4 is 5.32 Å². The van der Waals surface area contributed by atoms with Gasteiger partial charge >= 0.3 is 0 Å². The molecule has 0 saturated carbocycles. The molecule has 1 unspecified atom stereocenters. The number of anilines is 1. The number of aromatic nitrogens is 1. The van der Waals surface area contributed by atoms with E-state index in [4.69, 9.17) is 0 Å². The van der Waals surface area contributed by atoms with Gasteiger partial charge in [0.05, 0.1) is 11.7 Å². The molecule has 0 amide bonds. The normalized spacial score (nSPS) is 17.9. The average molecular weight is 364 g/mol. The lowest BCUT2D eigenvalue weighted by Crippen LogP contribution is -2.18.